The minimum Gasteiger partial charge on any atom is -0.485 e. The van der Waals surface area contributed by atoms with Gasteiger partial charge in [-0.25, -0.2) is 0 Å². The van der Waals surface area contributed by atoms with E-state index in [1.54, 1.807) is 24.3 Å². The second kappa shape index (κ2) is 6.78. The fourth-order valence-corrected chi connectivity index (χ4v) is 2.51. The summed E-state index contributed by atoms with van der Waals surface area (Å²) in [5, 5.41) is 0. The number of carbonyl (C=O) groups excluding carboxylic acids is 2. The lowest BCUT2D eigenvalue weighted by atomic mass is 9.93. The quantitative estimate of drug-likeness (QED) is 0.770. The topological polar surface area (TPSA) is 43.4 Å². The van der Waals surface area contributed by atoms with Crippen LogP contribution in [0.5, 0.6) is 5.75 Å². The van der Waals surface area contributed by atoms with Crippen LogP contribution in [0.4, 0.5) is 0 Å². The summed E-state index contributed by atoms with van der Waals surface area (Å²) >= 11 is 0. The molecule has 0 atom stereocenters. The van der Waals surface area contributed by atoms with Gasteiger partial charge in [-0.05, 0) is 87.2 Å². The molecule has 23 heavy (non-hydrogen) atoms. The normalized spacial score (nSPS) is 10.5. The lowest BCUT2D eigenvalue weighted by Gasteiger charge is -2.14. The maximum absolute atomic E-state index is 12.5. The van der Waals surface area contributed by atoms with Crippen molar-refractivity contribution >= 4 is 11.6 Å². The highest BCUT2D eigenvalue weighted by atomic mass is 16.5. The zero-order valence-corrected chi connectivity index (χ0v) is 14.3. The predicted molar refractivity (Wildman–Crippen MR) is 91.7 cm³/mol. The first-order chi connectivity index (χ1) is 10.8. The molecule has 0 N–H and O–H groups in total. The molecule has 3 heteroatoms. The molecule has 120 valence electrons. The van der Waals surface area contributed by atoms with Crippen LogP contribution in [0.15, 0.2) is 30.3 Å². The van der Waals surface area contributed by atoms with E-state index in [2.05, 4.69) is 6.92 Å². The Labute approximate surface area is 137 Å². The first-order valence-electron chi connectivity index (χ1n) is 7.65. The number of rotatable bonds is 5. The molecule has 2 aromatic rings. The van der Waals surface area contributed by atoms with E-state index in [1.165, 1.54) is 12.5 Å². The van der Waals surface area contributed by atoms with E-state index in [-0.39, 0.29) is 18.2 Å². The van der Waals surface area contributed by atoms with Gasteiger partial charge in [0.25, 0.3) is 0 Å². The Morgan fingerprint density at radius 3 is 2.09 bits per heavy atom. The SMILES string of the molecule is CC(=O)c1ccc(OCC(=O)c2cc(C)c(C)c(C)c2C)cc1. The zero-order chi connectivity index (χ0) is 17.1. The molecule has 3 nitrogen and oxygen atoms in total. The largest absolute Gasteiger partial charge is 0.485 e. The minimum atomic E-state index is -0.0376. The number of hydrogen-bond acceptors (Lipinski definition) is 3. The molecule has 0 radical (unpaired) electrons. The van der Waals surface area contributed by atoms with E-state index in [0.29, 0.717) is 16.9 Å². The summed E-state index contributed by atoms with van der Waals surface area (Å²) in [6.07, 6.45) is 0. The van der Waals surface area contributed by atoms with Crippen molar-refractivity contribution in [1.82, 2.24) is 0 Å². The molecule has 0 aliphatic rings. The van der Waals surface area contributed by atoms with Crippen molar-refractivity contribution in [2.45, 2.75) is 34.6 Å². The number of aryl methyl sites for hydroxylation is 1. The summed E-state index contributed by atoms with van der Waals surface area (Å²) in [7, 11) is 0. The van der Waals surface area contributed by atoms with Gasteiger partial charge in [-0.2, -0.15) is 0 Å². The second-order valence-corrected chi connectivity index (χ2v) is 5.91. The fourth-order valence-electron chi connectivity index (χ4n) is 2.51. The minimum absolute atomic E-state index is 0.00820. The third-order valence-corrected chi connectivity index (χ3v) is 4.41. The Kier molecular flexibility index (Phi) is 4.99. The van der Waals surface area contributed by atoms with Crippen molar-refractivity contribution in [3.8, 4) is 5.75 Å². The third-order valence-electron chi connectivity index (χ3n) is 4.41. The van der Waals surface area contributed by atoms with E-state index in [0.717, 1.165) is 16.7 Å². The summed E-state index contributed by atoms with van der Waals surface area (Å²) in [5.74, 6) is 0.555. The van der Waals surface area contributed by atoms with Gasteiger partial charge in [0, 0.05) is 11.1 Å². The molecule has 0 bridgehead atoms. The third kappa shape index (κ3) is 3.67. The van der Waals surface area contributed by atoms with Gasteiger partial charge in [-0.15, -0.1) is 0 Å². The Bertz CT molecular complexity index is 755. The Morgan fingerprint density at radius 1 is 0.913 bits per heavy atom. The van der Waals surface area contributed by atoms with Crippen molar-refractivity contribution in [2.24, 2.45) is 0 Å². The molecular formula is C20H22O3. The van der Waals surface area contributed by atoms with Crippen molar-refractivity contribution in [3.05, 3.63) is 63.7 Å². The van der Waals surface area contributed by atoms with Crippen molar-refractivity contribution in [1.29, 1.82) is 0 Å². The van der Waals surface area contributed by atoms with E-state index in [4.69, 9.17) is 4.74 Å². The molecule has 0 heterocycles. The van der Waals surface area contributed by atoms with Crippen LogP contribution in [0, 0.1) is 27.7 Å². The molecule has 2 rings (SSSR count). The van der Waals surface area contributed by atoms with Crippen molar-refractivity contribution < 1.29 is 14.3 Å². The number of Topliss-reactive ketones (excluding diaryl/α,β-unsaturated/α-hetero) is 2. The van der Waals surface area contributed by atoms with Crippen LogP contribution in [-0.4, -0.2) is 18.2 Å². The summed E-state index contributed by atoms with van der Waals surface area (Å²) in [6.45, 7) is 9.60. The van der Waals surface area contributed by atoms with E-state index >= 15 is 0 Å². The van der Waals surface area contributed by atoms with Gasteiger partial charge < -0.3 is 4.74 Å². The van der Waals surface area contributed by atoms with Crippen LogP contribution in [0.25, 0.3) is 0 Å². The predicted octanol–water partition coefficient (Wildman–Crippen LogP) is 4.38. The van der Waals surface area contributed by atoms with Crippen LogP contribution in [0.1, 0.15) is 49.9 Å². The molecule has 0 amide bonds. The first-order valence-corrected chi connectivity index (χ1v) is 7.65. The average molecular weight is 310 g/mol. The number of carbonyl (C=O) groups is 2. The summed E-state index contributed by atoms with van der Waals surface area (Å²) in [4.78, 5) is 23.7. The lowest BCUT2D eigenvalue weighted by Crippen LogP contribution is -2.14. The first kappa shape index (κ1) is 16.9. The molecular weight excluding hydrogens is 288 g/mol. The molecule has 0 saturated heterocycles. The number of ketones is 2. The molecule has 0 aliphatic heterocycles. The Balaban J connectivity index is 2.12. The van der Waals surface area contributed by atoms with E-state index in [1.807, 2.05) is 26.8 Å². The van der Waals surface area contributed by atoms with E-state index < -0.39 is 0 Å². The molecule has 0 saturated carbocycles. The Hall–Kier alpha value is -2.42. The van der Waals surface area contributed by atoms with Gasteiger partial charge >= 0.3 is 0 Å². The van der Waals surface area contributed by atoms with E-state index in [9.17, 15) is 9.59 Å². The standard InChI is InChI=1S/C20H22O3/c1-12-10-19(15(4)14(3)13(12)2)20(22)11-23-18-8-6-17(7-9-18)16(5)21/h6-10H,11H2,1-5H3. The molecule has 0 fully saturated rings. The highest BCUT2D eigenvalue weighted by Gasteiger charge is 2.14. The average Bonchev–Trinajstić information content (AvgIpc) is 2.54. The maximum Gasteiger partial charge on any atom is 0.200 e. The summed E-state index contributed by atoms with van der Waals surface area (Å²) in [5.41, 5.74) is 5.84. The van der Waals surface area contributed by atoms with Gasteiger partial charge in [-0.1, -0.05) is 0 Å². The smallest absolute Gasteiger partial charge is 0.200 e. The molecule has 2 aromatic carbocycles. The Morgan fingerprint density at radius 2 is 1.52 bits per heavy atom. The van der Waals surface area contributed by atoms with Gasteiger partial charge in [0.15, 0.2) is 18.2 Å². The number of benzene rings is 2. The molecule has 0 spiro atoms. The van der Waals surface area contributed by atoms with Gasteiger partial charge in [0.1, 0.15) is 5.75 Å². The number of hydrogen-bond donors (Lipinski definition) is 0. The second-order valence-electron chi connectivity index (χ2n) is 5.91. The highest BCUT2D eigenvalue weighted by Crippen LogP contribution is 2.22. The van der Waals surface area contributed by atoms with Crippen molar-refractivity contribution in [2.75, 3.05) is 6.61 Å². The lowest BCUT2D eigenvalue weighted by molar-refractivity contribution is 0.0919. The molecule has 0 aromatic heterocycles. The van der Waals surface area contributed by atoms with Gasteiger partial charge in [0.05, 0.1) is 0 Å². The summed E-state index contributed by atoms with van der Waals surface area (Å²) < 4.78 is 5.56. The monoisotopic (exact) mass is 310 g/mol. The highest BCUT2D eigenvalue weighted by molar-refractivity contribution is 5.99. The van der Waals surface area contributed by atoms with Crippen LogP contribution in [0.3, 0.4) is 0 Å². The van der Waals surface area contributed by atoms with Crippen LogP contribution in [-0.2, 0) is 0 Å². The van der Waals surface area contributed by atoms with Crippen LogP contribution >= 0.6 is 0 Å². The van der Waals surface area contributed by atoms with Crippen LogP contribution < -0.4 is 4.74 Å². The molecule has 0 unspecified atom stereocenters. The van der Waals surface area contributed by atoms with Gasteiger partial charge in [-0.3, -0.25) is 9.59 Å². The van der Waals surface area contributed by atoms with Crippen molar-refractivity contribution in [3.63, 3.8) is 0 Å². The van der Waals surface area contributed by atoms with Gasteiger partial charge in [0.2, 0.25) is 0 Å². The number of ether oxygens (including phenoxy) is 1. The maximum atomic E-state index is 12.5. The zero-order valence-electron chi connectivity index (χ0n) is 14.3. The van der Waals surface area contributed by atoms with Crippen LogP contribution in [0.2, 0.25) is 0 Å². The molecule has 0 aliphatic carbocycles. The summed E-state index contributed by atoms with van der Waals surface area (Å²) in [6, 6.07) is 8.76. The fraction of sp³-hybridized carbons (Fsp3) is 0.300.